The molecule has 16 heavy (non-hydrogen) atoms. The van der Waals surface area contributed by atoms with E-state index in [0.717, 1.165) is 0 Å². The van der Waals surface area contributed by atoms with Gasteiger partial charge >= 0.3 is 5.97 Å². The number of halogens is 1. The van der Waals surface area contributed by atoms with Crippen LogP contribution in [0.5, 0.6) is 5.75 Å². The second-order valence-corrected chi connectivity index (χ2v) is 4.02. The molecule has 4 nitrogen and oxygen atoms in total. The van der Waals surface area contributed by atoms with E-state index in [1.807, 2.05) is 6.92 Å². The van der Waals surface area contributed by atoms with E-state index < -0.39 is 11.5 Å². The third-order valence-corrected chi connectivity index (χ3v) is 2.48. The Morgan fingerprint density at radius 3 is 2.75 bits per heavy atom. The molecular formula is C11H14ClNO3. The van der Waals surface area contributed by atoms with Crippen molar-refractivity contribution in [2.75, 3.05) is 6.61 Å². The van der Waals surface area contributed by atoms with Gasteiger partial charge < -0.3 is 15.6 Å². The van der Waals surface area contributed by atoms with E-state index in [0.29, 0.717) is 22.9 Å². The highest BCUT2D eigenvalue weighted by Gasteiger charge is 2.33. The van der Waals surface area contributed by atoms with Crippen molar-refractivity contribution in [3.8, 4) is 5.75 Å². The van der Waals surface area contributed by atoms with Gasteiger partial charge in [0.1, 0.15) is 11.3 Å². The third-order valence-electron chi connectivity index (χ3n) is 2.25. The van der Waals surface area contributed by atoms with Crippen LogP contribution < -0.4 is 10.5 Å². The first-order chi connectivity index (χ1) is 7.39. The normalized spacial score (nSPS) is 14.2. The Balaban J connectivity index is 3.29. The van der Waals surface area contributed by atoms with Gasteiger partial charge in [0.15, 0.2) is 0 Å². The second-order valence-electron chi connectivity index (χ2n) is 3.58. The molecule has 88 valence electrons. The van der Waals surface area contributed by atoms with Crippen LogP contribution in [-0.4, -0.2) is 17.7 Å². The van der Waals surface area contributed by atoms with Crippen LogP contribution in [-0.2, 0) is 10.3 Å². The maximum absolute atomic E-state index is 11.1. The van der Waals surface area contributed by atoms with E-state index in [-0.39, 0.29) is 0 Å². The van der Waals surface area contributed by atoms with Crippen LogP contribution in [0, 0.1) is 0 Å². The molecule has 0 radical (unpaired) electrons. The molecular weight excluding hydrogens is 230 g/mol. The number of benzene rings is 1. The Hall–Kier alpha value is -1.26. The van der Waals surface area contributed by atoms with Crippen LogP contribution in [0.1, 0.15) is 19.4 Å². The number of hydrogen-bond acceptors (Lipinski definition) is 3. The second kappa shape index (κ2) is 4.72. The fraction of sp³-hybridized carbons (Fsp3) is 0.364. The van der Waals surface area contributed by atoms with Crippen molar-refractivity contribution in [3.05, 3.63) is 28.8 Å². The van der Waals surface area contributed by atoms with Gasteiger partial charge in [-0.2, -0.15) is 0 Å². The van der Waals surface area contributed by atoms with Crippen molar-refractivity contribution in [2.45, 2.75) is 19.4 Å². The number of carbonyl (C=O) groups is 1. The van der Waals surface area contributed by atoms with Gasteiger partial charge in [-0.25, -0.2) is 4.79 Å². The summed E-state index contributed by atoms with van der Waals surface area (Å²) in [7, 11) is 0. The molecule has 0 aliphatic rings. The third kappa shape index (κ3) is 2.46. The highest BCUT2D eigenvalue weighted by molar-refractivity contribution is 6.30. The van der Waals surface area contributed by atoms with Crippen molar-refractivity contribution in [1.29, 1.82) is 0 Å². The lowest BCUT2D eigenvalue weighted by atomic mass is 9.92. The quantitative estimate of drug-likeness (QED) is 0.848. The minimum atomic E-state index is -1.52. The number of hydrogen-bond donors (Lipinski definition) is 2. The Morgan fingerprint density at radius 1 is 1.62 bits per heavy atom. The molecule has 3 N–H and O–H groups in total. The van der Waals surface area contributed by atoms with Gasteiger partial charge in [0.2, 0.25) is 0 Å². The van der Waals surface area contributed by atoms with Crippen molar-refractivity contribution in [3.63, 3.8) is 0 Å². The van der Waals surface area contributed by atoms with Crippen LogP contribution in [0.3, 0.4) is 0 Å². The maximum Gasteiger partial charge on any atom is 0.328 e. The van der Waals surface area contributed by atoms with Crippen molar-refractivity contribution in [1.82, 2.24) is 0 Å². The summed E-state index contributed by atoms with van der Waals surface area (Å²) in [6.07, 6.45) is 0. The zero-order valence-corrected chi connectivity index (χ0v) is 9.91. The Bertz CT molecular complexity index is 404. The average Bonchev–Trinajstić information content (AvgIpc) is 2.20. The Morgan fingerprint density at radius 2 is 2.25 bits per heavy atom. The summed E-state index contributed by atoms with van der Waals surface area (Å²) in [5.41, 5.74) is 4.59. The van der Waals surface area contributed by atoms with E-state index in [2.05, 4.69) is 0 Å². The molecule has 0 saturated heterocycles. The largest absolute Gasteiger partial charge is 0.494 e. The number of ether oxygens (including phenoxy) is 1. The summed E-state index contributed by atoms with van der Waals surface area (Å²) in [5.74, 6) is -0.685. The van der Waals surface area contributed by atoms with Gasteiger partial charge in [0.25, 0.3) is 0 Å². The van der Waals surface area contributed by atoms with Crippen molar-refractivity contribution in [2.24, 2.45) is 5.73 Å². The number of aliphatic carboxylic acids is 1. The molecule has 0 spiro atoms. The Kier molecular flexibility index (Phi) is 3.78. The van der Waals surface area contributed by atoms with E-state index in [1.165, 1.54) is 13.0 Å². The molecule has 0 aliphatic heterocycles. The molecule has 0 saturated carbocycles. The van der Waals surface area contributed by atoms with Gasteiger partial charge in [0.05, 0.1) is 6.61 Å². The number of carboxylic acids is 1. The van der Waals surface area contributed by atoms with Crippen LogP contribution in [0.4, 0.5) is 0 Å². The summed E-state index contributed by atoms with van der Waals surface area (Å²) in [5, 5.41) is 9.48. The number of carboxylic acid groups (broad SMARTS) is 1. The first-order valence-corrected chi connectivity index (χ1v) is 5.22. The maximum atomic E-state index is 11.1. The Labute approximate surface area is 99.0 Å². The lowest BCUT2D eigenvalue weighted by Gasteiger charge is -2.22. The van der Waals surface area contributed by atoms with Crippen LogP contribution >= 0.6 is 11.6 Å². The molecule has 1 unspecified atom stereocenters. The van der Waals surface area contributed by atoms with E-state index in [4.69, 9.17) is 27.2 Å². The number of rotatable bonds is 4. The summed E-state index contributed by atoms with van der Waals surface area (Å²) in [4.78, 5) is 11.1. The first kappa shape index (κ1) is 12.8. The average molecular weight is 244 g/mol. The molecule has 1 aromatic carbocycles. The minimum Gasteiger partial charge on any atom is -0.494 e. The van der Waals surface area contributed by atoms with Crippen LogP contribution in [0.25, 0.3) is 0 Å². The van der Waals surface area contributed by atoms with Crippen molar-refractivity contribution < 1.29 is 14.6 Å². The highest BCUT2D eigenvalue weighted by atomic mass is 35.5. The molecule has 0 heterocycles. The molecule has 0 fully saturated rings. The molecule has 0 bridgehead atoms. The summed E-state index contributed by atoms with van der Waals surface area (Å²) >= 11 is 5.82. The predicted molar refractivity (Wildman–Crippen MR) is 61.8 cm³/mol. The van der Waals surface area contributed by atoms with Gasteiger partial charge in [-0.1, -0.05) is 11.6 Å². The fourth-order valence-corrected chi connectivity index (χ4v) is 1.48. The van der Waals surface area contributed by atoms with Crippen LogP contribution in [0.2, 0.25) is 5.02 Å². The molecule has 0 amide bonds. The highest BCUT2D eigenvalue weighted by Crippen LogP contribution is 2.31. The monoisotopic (exact) mass is 243 g/mol. The topological polar surface area (TPSA) is 72.5 Å². The van der Waals surface area contributed by atoms with Gasteiger partial charge in [0, 0.05) is 10.6 Å². The lowest BCUT2D eigenvalue weighted by Crippen LogP contribution is -2.42. The molecule has 1 aromatic rings. The molecule has 5 heteroatoms. The smallest absolute Gasteiger partial charge is 0.328 e. The van der Waals surface area contributed by atoms with E-state index in [1.54, 1.807) is 12.1 Å². The van der Waals surface area contributed by atoms with E-state index in [9.17, 15) is 4.79 Å². The molecule has 0 aliphatic carbocycles. The van der Waals surface area contributed by atoms with Gasteiger partial charge in [-0.3, -0.25) is 0 Å². The molecule has 0 aromatic heterocycles. The summed E-state index contributed by atoms with van der Waals surface area (Å²) in [6, 6.07) is 4.77. The molecule has 1 rings (SSSR count). The fourth-order valence-electron chi connectivity index (χ4n) is 1.30. The molecule has 1 atom stereocenters. The first-order valence-electron chi connectivity index (χ1n) is 4.84. The van der Waals surface area contributed by atoms with Crippen molar-refractivity contribution >= 4 is 17.6 Å². The van der Waals surface area contributed by atoms with Gasteiger partial charge in [-0.05, 0) is 32.0 Å². The number of nitrogens with two attached hydrogens (primary N) is 1. The van der Waals surface area contributed by atoms with E-state index >= 15 is 0 Å². The summed E-state index contributed by atoms with van der Waals surface area (Å²) < 4.78 is 5.33. The zero-order valence-electron chi connectivity index (χ0n) is 9.16. The predicted octanol–water partition coefficient (Wildman–Crippen LogP) is 2.00. The lowest BCUT2D eigenvalue weighted by molar-refractivity contribution is -0.143. The van der Waals surface area contributed by atoms with Crippen LogP contribution in [0.15, 0.2) is 18.2 Å². The van der Waals surface area contributed by atoms with Gasteiger partial charge in [-0.15, -0.1) is 0 Å². The standard InChI is InChI=1S/C11H14ClNO3/c1-3-16-9-5-4-7(12)6-8(9)11(2,13)10(14)15/h4-6H,3,13H2,1-2H3,(H,14,15). The minimum absolute atomic E-state index is 0.370. The SMILES string of the molecule is CCOc1ccc(Cl)cc1C(C)(N)C(=O)O. The zero-order chi connectivity index (χ0) is 12.3. The summed E-state index contributed by atoms with van der Waals surface area (Å²) in [6.45, 7) is 3.65.